The lowest BCUT2D eigenvalue weighted by molar-refractivity contribution is 0.0780. The van der Waals surface area contributed by atoms with Crippen LogP contribution in [-0.4, -0.2) is 22.8 Å². The van der Waals surface area contributed by atoms with Crippen LogP contribution >= 0.6 is 11.3 Å². The highest BCUT2D eigenvalue weighted by Crippen LogP contribution is 2.17. The van der Waals surface area contributed by atoms with Crippen LogP contribution in [0.4, 0.5) is 5.13 Å². The van der Waals surface area contributed by atoms with E-state index in [0.29, 0.717) is 23.3 Å². The van der Waals surface area contributed by atoms with Gasteiger partial charge < -0.3 is 10.6 Å². The van der Waals surface area contributed by atoms with Gasteiger partial charge in [0.2, 0.25) is 0 Å². The number of hydrogen-bond donors (Lipinski definition) is 1. The van der Waals surface area contributed by atoms with E-state index in [9.17, 15) is 4.79 Å². The van der Waals surface area contributed by atoms with Gasteiger partial charge in [-0.1, -0.05) is 38.1 Å². The van der Waals surface area contributed by atoms with Crippen LogP contribution in [0.3, 0.4) is 0 Å². The summed E-state index contributed by atoms with van der Waals surface area (Å²) in [5, 5.41) is 2.11. The number of amides is 1. The molecule has 4 nitrogen and oxygen atoms in total. The highest BCUT2D eigenvalue weighted by molar-refractivity contribution is 7.13. The van der Waals surface area contributed by atoms with Gasteiger partial charge in [0.15, 0.2) is 5.13 Å². The van der Waals surface area contributed by atoms with Gasteiger partial charge >= 0.3 is 0 Å². The number of nitrogen functional groups attached to an aromatic ring is 1. The third-order valence-electron chi connectivity index (χ3n) is 3.15. The van der Waals surface area contributed by atoms with E-state index < -0.39 is 0 Å². The molecule has 0 unspecified atom stereocenters. The predicted octanol–water partition coefficient (Wildman–Crippen LogP) is 3.12. The van der Waals surface area contributed by atoms with Crippen molar-refractivity contribution in [3.63, 3.8) is 0 Å². The Morgan fingerprint density at radius 1 is 1.35 bits per heavy atom. The molecule has 0 fully saturated rings. The third-order valence-corrected chi connectivity index (χ3v) is 3.83. The van der Waals surface area contributed by atoms with Gasteiger partial charge in [0.25, 0.3) is 5.91 Å². The summed E-state index contributed by atoms with van der Waals surface area (Å²) in [5.41, 5.74) is 8.37. The first-order chi connectivity index (χ1) is 9.47. The molecule has 0 spiro atoms. The minimum absolute atomic E-state index is 0.106. The Morgan fingerprint density at radius 2 is 2.00 bits per heavy atom. The zero-order valence-corrected chi connectivity index (χ0v) is 12.8. The summed E-state index contributed by atoms with van der Waals surface area (Å²) in [6.07, 6.45) is 0. The maximum Gasteiger partial charge on any atom is 0.273 e. The van der Waals surface area contributed by atoms with Crippen molar-refractivity contribution in [2.75, 3.05) is 12.8 Å². The number of nitrogens with two attached hydrogens (primary N) is 1. The first-order valence-corrected chi connectivity index (χ1v) is 7.40. The molecule has 0 aliphatic rings. The number of thiazole rings is 1. The number of hydrogen-bond acceptors (Lipinski definition) is 4. The number of rotatable bonds is 4. The zero-order chi connectivity index (χ0) is 14.7. The first kappa shape index (κ1) is 14.5. The Bertz CT molecular complexity index is 589. The highest BCUT2D eigenvalue weighted by atomic mass is 32.1. The van der Waals surface area contributed by atoms with Gasteiger partial charge in [-0.2, -0.15) is 0 Å². The Kier molecular flexibility index (Phi) is 4.39. The molecule has 0 saturated carbocycles. The van der Waals surface area contributed by atoms with Crippen molar-refractivity contribution in [2.45, 2.75) is 26.3 Å². The number of anilines is 1. The number of carbonyl (C=O) groups excluding carboxylic acids is 1. The quantitative estimate of drug-likeness (QED) is 0.940. The van der Waals surface area contributed by atoms with Crippen LogP contribution in [0, 0.1) is 0 Å². The Hall–Kier alpha value is -1.88. The molecule has 2 N–H and O–H groups in total. The summed E-state index contributed by atoms with van der Waals surface area (Å²) in [4.78, 5) is 17.8. The summed E-state index contributed by atoms with van der Waals surface area (Å²) >= 11 is 1.28. The van der Waals surface area contributed by atoms with Gasteiger partial charge in [-0.15, -0.1) is 11.3 Å². The molecule has 106 valence electrons. The van der Waals surface area contributed by atoms with Crippen LogP contribution in [0.5, 0.6) is 0 Å². The fraction of sp³-hybridized carbons (Fsp3) is 0.333. The molecule has 0 saturated heterocycles. The van der Waals surface area contributed by atoms with Gasteiger partial charge in [-0.05, 0) is 17.0 Å². The maximum absolute atomic E-state index is 12.2. The molecule has 0 aliphatic heterocycles. The minimum Gasteiger partial charge on any atom is -0.375 e. The number of carbonyl (C=O) groups is 1. The van der Waals surface area contributed by atoms with Crippen molar-refractivity contribution in [3.8, 4) is 0 Å². The minimum atomic E-state index is -0.106. The van der Waals surface area contributed by atoms with Crippen molar-refractivity contribution >= 4 is 22.4 Å². The summed E-state index contributed by atoms with van der Waals surface area (Å²) < 4.78 is 0. The number of nitrogens with zero attached hydrogens (tertiary/aromatic N) is 2. The zero-order valence-electron chi connectivity index (χ0n) is 12.0. The van der Waals surface area contributed by atoms with E-state index in [-0.39, 0.29) is 5.91 Å². The maximum atomic E-state index is 12.2. The average molecular weight is 289 g/mol. The molecule has 0 bridgehead atoms. The standard InChI is InChI=1S/C15H19N3OS/c1-10(2)12-6-4-11(5-7-12)8-18(3)14(19)13-9-20-15(16)17-13/h4-7,9-10H,8H2,1-3H3,(H2,16,17). The summed E-state index contributed by atoms with van der Waals surface area (Å²) in [5.74, 6) is 0.410. The van der Waals surface area contributed by atoms with Crippen LogP contribution in [0.2, 0.25) is 0 Å². The van der Waals surface area contributed by atoms with Gasteiger partial charge in [-0.3, -0.25) is 4.79 Å². The van der Waals surface area contributed by atoms with E-state index in [2.05, 4.69) is 43.1 Å². The van der Waals surface area contributed by atoms with Crippen LogP contribution in [0.15, 0.2) is 29.6 Å². The molecule has 20 heavy (non-hydrogen) atoms. The van der Waals surface area contributed by atoms with Crippen molar-refractivity contribution < 1.29 is 4.79 Å². The van der Waals surface area contributed by atoms with Crippen LogP contribution in [0.25, 0.3) is 0 Å². The molecule has 1 amide bonds. The smallest absolute Gasteiger partial charge is 0.273 e. The van der Waals surface area contributed by atoms with E-state index in [4.69, 9.17) is 5.73 Å². The molecular weight excluding hydrogens is 270 g/mol. The lowest BCUT2D eigenvalue weighted by atomic mass is 10.0. The summed E-state index contributed by atoms with van der Waals surface area (Å²) in [7, 11) is 1.77. The van der Waals surface area contributed by atoms with Gasteiger partial charge in [-0.25, -0.2) is 4.98 Å². The Labute approximate surface area is 123 Å². The van der Waals surface area contributed by atoms with Crippen molar-refractivity contribution in [2.24, 2.45) is 0 Å². The number of aromatic nitrogens is 1. The highest BCUT2D eigenvalue weighted by Gasteiger charge is 2.15. The van der Waals surface area contributed by atoms with E-state index in [1.807, 2.05) is 0 Å². The second kappa shape index (κ2) is 6.05. The Morgan fingerprint density at radius 3 is 2.50 bits per heavy atom. The molecular formula is C15H19N3OS. The van der Waals surface area contributed by atoms with Crippen molar-refractivity contribution in [1.82, 2.24) is 9.88 Å². The predicted molar refractivity (Wildman–Crippen MR) is 82.9 cm³/mol. The van der Waals surface area contributed by atoms with Crippen LogP contribution in [0.1, 0.15) is 41.4 Å². The molecule has 0 atom stereocenters. The van der Waals surface area contributed by atoms with E-state index in [0.717, 1.165) is 5.56 Å². The van der Waals surface area contributed by atoms with Gasteiger partial charge in [0.1, 0.15) is 5.69 Å². The molecule has 0 radical (unpaired) electrons. The first-order valence-electron chi connectivity index (χ1n) is 6.52. The lowest BCUT2D eigenvalue weighted by Crippen LogP contribution is -2.26. The normalized spacial score (nSPS) is 10.8. The molecule has 0 aliphatic carbocycles. The second-order valence-corrected chi connectivity index (χ2v) is 6.02. The number of benzene rings is 1. The molecule has 5 heteroatoms. The van der Waals surface area contributed by atoms with E-state index in [1.54, 1.807) is 17.3 Å². The van der Waals surface area contributed by atoms with E-state index in [1.165, 1.54) is 16.9 Å². The molecule has 2 rings (SSSR count). The summed E-state index contributed by atoms with van der Waals surface area (Å²) in [6, 6.07) is 8.35. The summed E-state index contributed by atoms with van der Waals surface area (Å²) in [6.45, 7) is 4.89. The largest absolute Gasteiger partial charge is 0.375 e. The average Bonchev–Trinajstić information content (AvgIpc) is 2.85. The monoisotopic (exact) mass is 289 g/mol. The molecule has 1 aromatic heterocycles. The molecule has 2 aromatic rings. The topological polar surface area (TPSA) is 59.2 Å². The SMILES string of the molecule is CC(C)c1ccc(CN(C)C(=O)c2csc(N)n2)cc1. The van der Waals surface area contributed by atoms with Crippen LogP contribution in [-0.2, 0) is 6.54 Å². The lowest BCUT2D eigenvalue weighted by Gasteiger charge is -2.16. The van der Waals surface area contributed by atoms with Crippen molar-refractivity contribution in [1.29, 1.82) is 0 Å². The molecule has 1 aromatic carbocycles. The van der Waals surface area contributed by atoms with E-state index >= 15 is 0 Å². The fourth-order valence-corrected chi connectivity index (χ4v) is 2.47. The molecule has 1 heterocycles. The van der Waals surface area contributed by atoms with Crippen molar-refractivity contribution in [3.05, 3.63) is 46.5 Å². The fourth-order valence-electron chi connectivity index (χ4n) is 1.93. The Balaban J connectivity index is 2.03. The second-order valence-electron chi connectivity index (χ2n) is 5.13. The van der Waals surface area contributed by atoms with Gasteiger partial charge in [0, 0.05) is 19.0 Å². The van der Waals surface area contributed by atoms with Crippen LogP contribution < -0.4 is 5.73 Å². The third kappa shape index (κ3) is 3.36. The van der Waals surface area contributed by atoms with Gasteiger partial charge in [0.05, 0.1) is 0 Å².